The number of ether oxygens (including phenoxy) is 1. The van der Waals surface area contributed by atoms with Gasteiger partial charge in [-0.25, -0.2) is 4.68 Å². The van der Waals surface area contributed by atoms with Crippen LogP contribution in [0, 0.1) is 0 Å². The Kier molecular flexibility index (Phi) is 4.52. The van der Waals surface area contributed by atoms with Crippen molar-refractivity contribution in [2.24, 2.45) is 7.05 Å². The monoisotopic (exact) mass is 306 g/mol. The van der Waals surface area contributed by atoms with Gasteiger partial charge in [-0.2, -0.15) is 5.10 Å². The predicted molar refractivity (Wildman–Crippen MR) is 89.5 cm³/mol. The Bertz CT molecular complexity index is 827. The molecule has 1 aromatic heterocycles. The molecule has 4 heteroatoms. The van der Waals surface area contributed by atoms with Crippen LogP contribution in [0.2, 0.25) is 0 Å². The van der Waals surface area contributed by atoms with E-state index in [9.17, 15) is 4.79 Å². The average Bonchev–Trinajstić information content (AvgIpc) is 2.58. The molecule has 0 amide bonds. The topological polar surface area (TPSA) is 44.1 Å². The molecular formula is C19H18N2O2. The molecule has 4 nitrogen and oxygen atoms in total. The van der Waals surface area contributed by atoms with E-state index in [1.54, 1.807) is 7.05 Å². The van der Waals surface area contributed by atoms with Gasteiger partial charge in [0.15, 0.2) is 0 Å². The third-order valence-electron chi connectivity index (χ3n) is 3.58. The fraction of sp³-hybridized carbons (Fsp3) is 0.158. The zero-order chi connectivity index (χ0) is 16.1. The summed E-state index contributed by atoms with van der Waals surface area (Å²) >= 11 is 0. The molecule has 0 aliphatic carbocycles. The lowest BCUT2D eigenvalue weighted by Crippen LogP contribution is -2.21. The van der Waals surface area contributed by atoms with Crippen molar-refractivity contribution < 1.29 is 4.74 Å². The molecule has 0 N–H and O–H groups in total. The second-order valence-corrected chi connectivity index (χ2v) is 5.35. The average molecular weight is 306 g/mol. The summed E-state index contributed by atoms with van der Waals surface area (Å²) in [6.45, 7) is 0.414. The SMILES string of the molecule is Cn1nc(Cc2ccccc2)c(OCc2ccccc2)cc1=O. The minimum absolute atomic E-state index is 0.176. The molecule has 2 aromatic carbocycles. The highest BCUT2D eigenvalue weighted by atomic mass is 16.5. The lowest BCUT2D eigenvalue weighted by atomic mass is 10.1. The molecule has 0 fully saturated rings. The first kappa shape index (κ1) is 15.0. The fourth-order valence-corrected chi connectivity index (χ4v) is 2.34. The molecule has 0 saturated heterocycles. The molecular weight excluding hydrogens is 288 g/mol. The smallest absolute Gasteiger partial charge is 0.270 e. The van der Waals surface area contributed by atoms with E-state index < -0.39 is 0 Å². The summed E-state index contributed by atoms with van der Waals surface area (Å²) in [6.07, 6.45) is 0.624. The van der Waals surface area contributed by atoms with Crippen LogP contribution in [0.1, 0.15) is 16.8 Å². The van der Waals surface area contributed by atoms with Gasteiger partial charge in [0.2, 0.25) is 0 Å². The molecule has 1 heterocycles. The number of hydrogen-bond acceptors (Lipinski definition) is 3. The Hall–Kier alpha value is -2.88. The zero-order valence-corrected chi connectivity index (χ0v) is 13.0. The van der Waals surface area contributed by atoms with Crippen LogP contribution >= 0.6 is 0 Å². The molecule has 0 saturated carbocycles. The van der Waals surface area contributed by atoms with Gasteiger partial charge in [0.05, 0.1) is 0 Å². The van der Waals surface area contributed by atoms with Crippen LogP contribution in [0.15, 0.2) is 71.5 Å². The standard InChI is InChI=1S/C19H18N2O2/c1-21-19(22)13-18(23-14-16-10-6-3-7-11-16)17(20-21)12-15-8-4-2-5-9-15/h2-11,13H,12,14H2,1H3. The van der Waals surface area contributed by atoms with Crippen molar-refractivity contribution in [3.63, 3.8) is 0 Å². The van der Waals surface area contributed by atoms with Gasteiger partial charge in [0.25, 0.3) is 5.56 Å². The first-order valence-corrected chi connectivity index (χ1v) is 7.50. The van der Waals surface area contributed by atoms with E-state index in [0.717, 1.165) is 16.8 Å². The second kappa shape index (κ2) is 6.92. The molecule has 0 atom stereocenters. The van der Waals surface area contributed by atoms with Crippen LogP contribution in [-0.4, -0.2) is 9.78 Å². The van der Waals surface area contributed by atoms with Crippen molar-refractivity contribution in [1.82, 2.24) is 9.78 Å². The van der Waals surface area contributed by atoms with E-state index in [4.69, 9.17) is 4.74 Å². The number of aryl methyl sites for hydroxylation is 1. The van der Waals surface area contributed by atoms with Crippen molar-refractivity contribution in [2.45, 2.75) is 13.0 Å². The maximum Gasteiger partial charge on any atom is 0.270 e. The van der Waals surface area contributed by atoms with Gasteiger partial charge in [-0.05, 0) is 11.1 Å². The summed E-state index contributed by atoms with van der Waals surface area (Å²) in [5.74, 6) is 0.542. The van der Waals surface area contributed by atoms with Crippen LogP contribution in [0.3, 0.4) is 0 Å². The molecule has 0 aliphatic rings. The van der Waals surface area contributed by atoms with Crippen LogP contribution < -0.4 is 10.3 Å². The molecule has 0 spiro atoms. The van der Waals surface area contributed by atoms with Gasteiger partial charge in [-0.15, -0.1) is 0 Å². The van der Waals surface area contributed by atoms with Gasteiger partial charge >= 0.3 is 0 Å². The Morgan fingerprint density at radius 1 is 0.957 bits per heavy atom. The highest BCUT2D eigenvalue weighted by Gasteiger charge is 2.10. The van der Waals surface area contributed by atoms with Crippen LogP contribution in [0.4, 0.5) is 0 Å². The van der Waals surface area contributed by atoms with Gasteiger partial charge in [0, 0.05) is 19.5 Å². The maximum atomic E-state index is 11.9. The van der Waals surface area contributed by atoms with E-state index in [2.05, 4.69) is 5.10 Å². The highest BCUT2D eigenvalue weighted by molar-refractivity contribution is 5.31. The van der Waals surface area contributed by atoms with Gasteiger partial charge < -0.3 is 4.74 Å². The molecule has 23 heavy (non-hydrogen) atoms. The Morgan fingerprint density at radius 2 is 1.57 bits per heavy atom. The summed E-state index contributed by atoms with van der Waals surface area (Å²) in [4.78, 5) is 11.9. The summed E-state index contributed by atoms with van der Waals surface area (Å²) in [6, 6.07) is 21.4. The van der Waals surface area contributed by atoms with Crippen LogP contribution in [0.25, 0.3) is 0 Å². The number of rotatable bonds is 5. The molecule has 0 radical (unpaired) electrons. The van der Waals surface area contributed by atoms with E-state index in [-0.39, 0.29) is 5.56 Å². The highest BCUT2D eigenvalue weighted by Crippen LogP contribution is 2.18. The van der Waals surface area contributed by atoms with Crippen molar-refractivity contribution in [3.05, 3.63) is 93.9 Å². The molecule has 0 aliphatic heterocycles. The molecule has 3 rings (SSSR count). The lowest BCUT2D eigenvalue weighted by Gasteiger charge is -2.12. The number of nitrogens with zero attached hydrogens (tertiary/aromatic N) is 2. The Balaban J connectivity index is 1.86. The number of hydrogen-bond donors (Lipinski definition) is 0. The largest absolute Gasteiger partial charge is 0.487 e. The van der Waals surface area contributed by atoms with Crippen molar-refractivity contribution >= 4 is 0 Å². The van der Waals surface area contributed by atoms with Crippen molar-refractivity contribution in [3.8, 4) is 5.75 Å². The fourth-order valence-electron chi connectivity index (χ4n) is 2.34. The molecule has 0 unspecified atom stereocenters. The van der Waals surface area contributed by atoms with Gasteiger partial charge in [0.1, 0.15) is 18.1 Å². The molecule has 0 bridgehead atoms. The number of aromatic nitrogens is 2. The quantitative estimate of drug-likeness (QED) is 0.728. The summed E-state index contributed by atoms with van der Waals surface area (Å²) in [7, 11) is 1.65. The van der Waals surface area contributed by atoms with E-state index in [1.165, 1.54) is 10.7 Å². The first-order chi connectivity index (χ1) is 11.2. The number of benzene rings is 2. The second-order valence-electron chi connectivity index (χ2n) is 5.35. The third kappa shape index (κ3) is 3.86. The van der Waals surface area contributed by atoms with Gasteiger partial charge in [-0.1, -0.05) is 60.7 Å². The molecule has 3 aromatic rings. The van der Waals surface area contributed by atoms with Gasteiger partial charge in [-0.3, -0.25) is 4.79 Å². The minimum atomic E-state index is -0.176. The van der Waals surface area contributed by atoms with Crippen LogP contribution in [-0.2, 0) is 20.1 Å². The summed E-state index contributed by atoms with van der Waals surface area (Å²) in [5, 5.41) is 4.36. The minimum Gasteiger partial charge on any atom is -0.487 e. The zero-order valence-electron chi connectivity index (χ0n) is 13.0. The van der Waals surface area contributed by atoms with E-state index in [0.29, 0.717) is 18.8 Å². The van der Waals surface area contributed by atoms with Crippen molar-refractivity contribution in [2.75, 3.05) is 0 Å². The van der Waals surface area contributed by atoms with Crippen molar-refractivity contribution in [1.29, 1.82) is 0 Å². The Morgan fingerprint density at radius 3 is 2.22 bits per heavy atom. The summed E-state index contributed by atoms with van der Waals surface area (Å²) in [5.41, 5.74) is 2.76. The first-order valence-electron chi connectivity index (χ1n) is 7.50. The predicted octanol–water partition coefficient (Wildman–Crippen LogP) is 2.95. The summed E-state index contributed by atoms with van der Waals surface area (Å²) < 4.78 is 7.20. The third-order valence-corrected chi connectivity index (χ3v) is 3.58. The van der Waals surface area contributed by atoms with Crippen LogP contribution in [0.5, 0.6) is 5.75 Å². The normalized spacial score (nSPS) is 10.5. The van der Waals surface area contributed by atoms with E-state index >= 15 is 0 Å². The Labute approximate surface area is 135 Å². The lowest BCUT2D eigenvalue weighted by molar-refractivity contribution is 0.299. The maximum absolute atomic E-state index is 11.9. The van der Waals surface area contributed by atoms with E-state index in [1.807, 2.05) is 60.7 Å². The molecule has 116 valence electrons.